The minimum Gasteiger partial charge on any atom is -0.490 e. The Hall–Kier alpha value is -2.64. The Balaban J connectivity index is 3.15. The Morgan fingerprint density at radius 2 is 1.83 bits per heavy atom. The molecule has 0 aromatic heterocycles. The summed E-state index contributed by atoms with van der Waals surface area (Å²) in [6.07, 6.45) is 0.0192. The van der Waals surface area contributed by atoms with Crippen LogP contribution in [0.25, 0.3) is 0 Å². The number of aliphatic carboxylic acids is 1. The first-order chi connectivity index (χ1) is 10.9. The zero-order valence-corrected chi connectivity index (χ0v) is 13.0. The lowest BCUT2D eigenvalue weighted by atomic mass is 10.0. The third kappa shape index (κ3) is 5.24. The van der Waals surface area contributed by atoms with E-state index in [0.29, 0.717) is 0 Å². The summed E-state index contributed by atoms with van der Waals surface area (Å²) in [6.45, 7) is 3.87. The van der Waals surface area contributed by atoms with Gasteiger partial charge in [0.15, 0.2) is 11.5 Å². The number of nitro groups is 1. The first kappa shape index (κ1) is 18.4. The molecule has 8 nitrogen and oxygen atoms in total. The molecule has 0 heterocycles. The predicted octanol–water partition coefficient (Wildman–Crippen LogP) is 2.83. The molecule has 0 amide bonds. The number of carbonyl (C=O) groups is 2. The number of benzene rings is 1. The number of Topliss-reactive ketones (excluding diaryl/α,β-unsaturated/α-hetero) is 1. The molecule has 0 aliphatic carbocycles. The molecule has 0 fully saturated rings. The van der Waals surface area contributed by atoms with Gasteiger partial charge in [-0.2, -0.15) is 0 Å². The van der Waals surface area contributed by atoms with Gasteiger partial charge in [-0.3, -0.25) is 19.7 Å². The topological polar surface area (TPSA) is 116 Å². The molecule has 0 aliphatic rings. The molecule has 0 saturated carbocycles. The van der Waals surface area contributed by atoms with Crippen molar-refractivity contribution in [2.24, 2.45) is 0 Å². The van der Waals surface area contributed by atoms with E-state index < -0.39 is 10.9 Å². The molecule has 1 aromatic rings. The van der Waals surface area contributed by atoms with E-state index in [1.54, 1.807) is 13.8 Å². The van der Waals surface area contributed by atoms with Crippen LogP contribution >= 0.6 is 0 Å². The number of nitrogens with zero attached hydrogens (tertiary/aromatic N) is 1. The zero-order valence-electron chi connectivity index (χ0n) is 13.0. The van der Waals surface area contributed by atoms with Crippen molar-refractivity contribution in [1.82, 2.24) is 0 Å². The lowest BCUT2D eigenvalue weighted by Gasteiger charge is -2.12. The number of hydrogen-bond donors (Lipinski definition) is 1. The molecule has 1 rings (SSSR count). The molecule has 23 heavy (non-hydrogen) atoms. The average molecular weight is 325 g/mol. The number of ether oxygens (including phenoxy) is 2. The highest BCUT2D eigenvalue weighted by Gasteiger charge is 2.24. The fourth-order valence-electron chi connectivity index (χ4n) is 1.98. The average Bonchev–Trinajstić information content (AvgIpc) is 2.48. The highest BCUT2D eigenvalue weighted by atomic mass is 16.6. The number of carbonyl (C=O) groups excluding carboxylic acids is 1. The van der Waals surface area contributed by atoms with Crippen LogP contribution < -0.4 is 9.47 Å². The van der Waals surface area contributed by atoms with Crippen LogP contribution in [0.1, 0.15) is 43.5 Å². The molecule has 0 atom stereocenters. The summed E-state index contributed by atoms with van der Waals surface area (Å²) < 4.78 is 10.6. The third-order valence-corrected chi connectivity index (χ3v) is 2.94. The first-order valence-electron chi connectivity index (χ1n) is 7.23. The molecule has 1 aromatic carbocycles. The number of ketones is 1. The Morgan fingerprint density at radius 3 is 2.35 bits per heavy atom. The van der Waals surface area contributed by atoms with E-state index in [2.05, 4.69) is 0 Å². The van der Waals surface area contributed by atoms with Crippen molar-refractivity contribution in [3.8, 4) is 11.5 Å². The maximum atomic E-state index is 12.1. The number of carboxylic acid groups (broad SMARTS) is 1. The summed E-state index contributed by atoms with van der Waals surface area (Å²) >= 11 is 0. The number of rotatable bonds is 10. The van der Waals surface area contributed by atoms with Crippen LogP contribution in [0.4, 0.5) is 5.69 Å². The van der Waals surface area contributed by atoms with Gasteiger partial charge in [-0.15, -0.1) is 0 Å². The molecule has 0 unspecified atom stereocenters. The molecule has 0 radical (unpaired) electrons. The highest BCUT2D eigenvalue weighted by molar-refractivity contribution is 5.97. The van der Waals surface area contributed by atoms with E-state index >= 15 is 0 Å². The SMILES string of the molecule is CCOc1cc(C(=O)CCCC(=O)O)cc([N+](=O)[O-])c1OCC. The standard InChI is InChI=1S/C15H19NO7/c1-3-22-13-9-10(12(17)6-5-7-14(18)19)8-11(16(20)21)15(13)23-4-2/h8-9H,3-7H2,1-2H3,(H,18,19). The second-order valence-corrected chi connectivity index (χ2v) is 4.62. The van der Waals surface area contributed by atoms with Gasteiger partial charge in [-0.25, -0.2) is 0 Å². The lowest BCUT2D eigenvalue weighted by Crippen LogP contribution is -2.07. The Kier molecular flexibility index (Phi) is 6.98. The summed E-state index contributed by atoms with van der Waals surface area (Å²) in [5.74, 6) is -1.25. The normalized spacial score (nSPS) is 10.2. The van der Waals surface area contributed by atoms with E-state index in [9.17, 15) is 19.7 Å². The van der Waals surface area contributed by atoms with Crippen molar-refractivity contribution in [3.05, 3.63) is 27.8 Å². The van der Waals surface area contributed by atoms with Gasteiger partial charge in [0, 0.05) is 24.5 Å². The Bertz CT molecular complexity index is 598. The minimum absolute atomic E-state index is 0.0109. The van der Waals surface area contributed by atoms with Crippen LogP contribution in [0, 0.1) is 10.1 Å². The van der Waals surface area contributed by atoms with E-state index in [1.807, 2.05) is 0 Å². The van der Waals surface area contributed by atoms with Gasteiger partial charge in [-0.05, 0) is 26.3 Å². The van der Waals surface area contributed by atoms with E-state index in [1.165, 1.54) is 6.07 Å². The minimum atomic E-state index is -0.995. The van der Waals surface area contributed by atoms with Gasteiger partial charge in [0.05, 0.1) is 18.1 Å². The van der Waals surface area contributed by atoms with Crippen molar-refractivity contribution >= 4 is 17.4 Å². The maximum Gasteiger partial charge on any atom is 0.315 e. The largest absolute Gasteiger partial charge is 0.490 e. The second kappa shape index (κ2) is 8.72. The summed E-state index contributed by atoms with van der Waals surface area (Å²) in [4.78, 5) is 33.2. The van der Waals surface area contributed by atoms with Crippen molar-refractivity contribution in [1.29, 1.82) is 0 Å². The van der Waals surface area contributed by atoms with Crippen LogP contribution in [0.2, 0.25) is 0 Å². The lowest BCUT2D eigenvalue weighted by molar-refractivity contribution is -0.386. The number of hydrogen-bond acceptors (Lipinski definition) is 6. The van der Waals surface area contributed by atoms with E-state index in [0.717, 1.165) is 6.07 Å². The molecule has 0 bridgehead atoms. The fourth-order valence-corrected chi connectivity index (χ4v) is 1.98. The van der Waals surface area contributed by atoms with Crippen molar-refractivity contribution in [2.45, 2.75) is 33.1 Å². The van der Waals surface area contributed by atoms with E-state index in [-0.39, 0.29) is 61.0 Å². The zero-order chi connectivity index (χ0) is 17.4. The Morgan fingerprint density at radius 1 is 1.17 bits per heavy atom. The second-order valence-electron chi connectivity index (χ2n) is 4.62. The molecule has 0 saturated heterocycles. The van der Waals surface area contributed by atoms with Gasteiger partial charge < -0.3 is 14.6 Å². The smallest absolute Gasteiger partial charge is 0.315 e. The van der Waals surface area contributed by atoms with Crippen molar-refractivity contribution in [3.63, 3.8) is 0 Å². The Labute approximate surface area is 133 Å². The fraction of sp³-hybridized carbons (Fsp3) is 0.467. The molecule has 126 valence electrons. The monoisotopic (exact) mass is 325 g/mol. The molecule has 1 N–H and O–H groups in total. The van der Waals surface area contributed by atoms with Gasteiger partial charge >= 0.3 is 11.7 Å². The van der Waals surface area contributed by atoms with Gasteiger partial charge in [0.1, 0.15) is 0 Å². The molecule has 8 heteroatoms. The number of nitro benzene ring substituents is 1. The summed E-state index contributed by atoms with van der Waals surface area (Å²) in [5, 5.41) is 19.8. The van der Waals surface area contributed by atoms with Crippen LogP contribution in [0.3, 0.4) is 0 Å². The summed E-state index contributed by atoms with van der Waals surface area (Å²) in [5.41, 5.74) is -0.242. The quantitative estimate of drug-likeness (QED) is 0.399. The highest BCUT2D eigenvalue weighted by Crippen LogP contribution is 2.39. The molecular formula is C15H19NO7. The van der Waals surface area contributed by atoms with Crippen LogP contribution in [-0.4, -0.2) is 35.0 Å². The first-order valence-corrected chi connectivity index (χ1v) is 7.23. The third-order valence-electron chi connectivity index (χ3n) is 2.94. The van der Waals surface area contributed by atoms with Gasteiger partial charge in [0.2, 0.25) is 5.75 Å². The summed E-state index contributed by atoms with van der Waals surface area (Å²) in [7, 11) is 0. The summed E-state index contributed by atoms with van der Waals surface area (Å²) in [6, 6.07) is 2.53. The molecular weight excluding hydrogens is 306 g/mol. The van der Waals surface area contributed by atoms with Crippen LogP contribution in [0.5, 0.6) is 11.5 Å². The van der Waals surface area contributed by atoms with Crippen molar-refractivity contribution in [2.75, 3.05) is 13.2 Å². The predicted molar refractivity (Wildman–Crippen MR) is 81.3 cm³/mol. The molecule has 0 aliphatic heterocycles. The van der Waals surface area contributed by atoms with Crippen LogP contribution in [0.15, 0.2) is 12.1 Å². The van der Waals surface area contributed by atoms with Gasteiger partial charge in [0.25, 0.3) is 0 Å². The molecule has 0 spiro atoms. The van der Waals surface area contributed by atoms with Crippen molar-refractivity contribution < 1.29 is 29.1 Å². The van der Waals surface area contributed by atoms with Gasteiger partial charge in [-0.1, -0.05) is 0 Å². The van der Waals surface area contributed by atoms with E-state index in [4.69, 9.17) is 14.6 Å². The maximum absolute atomic E-state index is 12.1. The van der Waals surface area contributed by atoms with Crippen LogP contribution in [-0.2, 0) is 4.79 Å². The number of carboxylic acids is 1.